The van der Waals surface area contributed by atoms with Crippen LogP contribution in [0.1, 0.15) is 0 Å². The van der Waals surface area contributed by atoms with E-state index in [1.54, 1.807) is 0 Å². The Morgan fingerprint density at radius 3 is 1.46 bits per heavy atom. The summed E-state index contributed by atoms with van der Waals surface area (Å²) in [6.07, 6.45) is 0. The van der Waals surface area contributed by atoms with Crippen molar-refractivity contribution >= 4 is 67.3 Å². The Balaban J connectivity index is 2.08. The minimum Gasteiger partial charge on any atom is -0.222 e. The van der Waals surface area contributed by atoms with E-state index >= 15 is 0 Å². The first-order valence-electron chi connectivity index (χ1n) is 8.22. The first-order chi connectivity index (χ1) is 12.6. The number of aromatic nitrogens is 4. The maximum absolute atomic E-state index is 6.70. The van der Waals surface area contributed by atoms with Crippen molar-refractivity contribution in [1.29, 1.82) is 0 Å². The van der Waals surface area contributed by atoms with Crippen molar-refractivity contribution in [2.24, 2.45) is 14.1 Å². The molecule has 0 fully saturated rings. The monoisotopic (exact) mass is 380 g/mol. The molecular formula is C20H14Cl2N4+2. The van der Waals surface area contributed by atoms with E-state index in [-0.39, 0.29) is 0 Å². The molecule has 0 spiro atoms. The predicted octanol–water partition coefficient (Wildman–Crippen LogP) is 4.05. The lowest BCUT2D eigenvalue weighted by molar-refractivity contribution is -0.622. The lowest BCUT2D eigenvalue weighted by atomic mass is 10.2. The molecule has 0 amide bonds. The lowest BCUT2D eigenvalue weighted by Crippen LogP contribution is -2.34. The minimum atomic E-state index is 0.604. The number of hydrogen-bond donors (Lipinski definition) is 0. The van der Waals surface area contributed by atoms with Gasteiger partial charge in [0, 0.05) is 10.8 Å². The zero-order valence-corrected chi connectivity index (χ0v) is 15.7. The minimum absolute atomic E-state index is 0.604. The van der Waals surface area contributed by atoms with Gasteiger partial charge in [-0.2, -0.15) is 0 Å². The number of pyridine rings is 2. The molecule has 0 aliphatic carbocycles. The van der Waals surface area contributed by atoms with Crippen molar-refractivity contribution in [2.45, 2.75) is 0 Å². The van der Waals surface area contributed by atoms with Crippen LogP contribution in [0.5, 0.6) is 0 Å². The highest BCUT2D eigenvalue weighted by atomic mass is 35.5. The van der Waals surface area contributed by atoms with Gasteiger partial charge in [-0.3, -0.25) is 0 Å². The maximum atomic E-state index is 6.70. The fourth-order valence-corrected chi connectivity index (χ4v) is 4.14. The fraction of sp³-hybridized carbons (Fsp3) is 0.100. The van der Waals surface area contributed by atoms with Gasteiger partial charge in [0.1, 0.15) is 21.1 Å². The number of halogens is 2. The average molecular weight is 381 g/mol. The van der Waals surface area contributed by atoms with Gasteiger partial charge in [0.25, 0.3) is 11.0 Å². The van der Waals surface area contributed by atoms with Crippen molar-refractivity contribution in [3.63, 3.8) is 0 Å². The van der Waals surface area contributed by atoms with Gasteiger partial charge in [-0.25, -0.2) is 9.13 Å². The number of para-hydroxylation sites is 2. The van der Waals surface area contributed by atoms with Gasteiger partial charge < -0.3 is 0 Å². The average Bonchev–Trinajstić information content (AvgIpc) is 2.69. The first-order valence-corrected chi connectivity index (χ1v) is 8.97. The van der Waals surface area contributed by atoms with E-state index in [2.05, 4.69) is 0 Å². The van der Waals surface area contributed by atoms with Crippen LogP contribution in [0.4, 0.5) is 0 Å². The molecule has 3 heterocycles. The van der Waals surface area contributed by atoms with Gasteiger partial charge >= 0.3 is 11.3 Å². The second-order valence-corrected chi connectivity index (χ2v) is 7.10. The zero-order chi connectivity index (χ0) is 18.0. The zero-order valence-electron chi connectivity index (χ0n) is 14.2. The Bertz CT molecular complexity index is 1170. The molecule has 3 aromatic heterocycles. The van der Waals surface area contributed by atoms with Crippen molar-refractivity contribution in [1.82, 2.24) is 9.97 Å². The Morgan fingerprint density at radius 2 is 1.04 bits per heavy atom. The van der Waals surface area contributed by atoms with Crippen LogP contribution >= 0.6 is 23.2 Å². The molecule has 26 heavy (non-hydrogen) atoms. The van der Waals surface area contributed by atoms with Crippen LogP contribution in [0, 0.1) is 0 Å². The molecule has 0 bridgehead atoms. The highest BCUT2D eigenvalue weighted by molar-refractivity contribution is 6.40. The summed E-state index contributed by atoms with van der Waals surface area (Å²) in [5, 5.41) is 3.11. The van der Waals surface area contributed by atoms with Gasteiger partial charge in [-0.15, -0.1) is 0 Å². The summed E-state index contributed by atoms with van der Waals surface area (Å²) in [4.78, 5) is 9.72. The number of rotatable bonds is 0. The van der Waals surface area contributed by atoms with E-state index in [1.807, 2.05) is 71.8 Å². The highest BCUT2D eigenvalue weighted by Gasteiger charge is 2.29. The van der Waals surface area contributed by atoms with E-state index in [1.165, 1.54) is 0 Å². The smallest absolute Gasteiger partial charge is 0.222 e. The van der Waals surface area contributed by atoms with Gasteiger partial charge in [0.2, 0.25) is 0 Å². The number of hydrogen-bond acceptors (Lipinski definition) is 2. The van der Waals surface area contributed by atoms with Crippen molar-refractivity contribution < 1.29 is 9.13 Å². The van der Waals surface area contributed by atoms with E-state index in [9.17, 15) is 0 Å². The second kappa shape index (κ2) is 5.47. The molecule has 0 radical (unpaired) electrons. The molecule has 0 unspecified atom stereocenters. The molecule has 0 aliphatic heterocycles. The quantitative estimate of drug-likeness (QED) is 0.300. The molecule has 126 valence electrons. The molecule has 0 N–H and O–H groups in total. The van der Waals surface area contributed by atoms with Crippen LogP contribution in [-0.2, 0) is 14.1 Å². The van der Waals surface area contributed by atoms with Crippen LogP contribution in [0.25, 0.3) is 44.1 Å². The fourth-order valence-electron chi connectivity index (χ4n) is 3.57. The van der Waals surface area contributed by atoms with Crippen LogP contribution in [0.3, 0.4) is 0 Å². The first kappa shape index (κ1) is 15.7. The topological polar surface area (TPSA) is 33.5 Å². The number of aryl methyl sites for hydroxylation is 2. The van der Waals surface area contributed by atoms with Crippen LogP contribution < -0.4 is 9.13 Å². The van der Waals surface area contributed by atoms with E-state index in [0.29, 0.717) is 32.4 Å². The molecule has 0 aliphatic rings. The van der Waals surface area contributed by atoms with E-state index < -0.39 is 0 Å². The number of nitrogens with zero attached hydrogens (tertiary/aromatic N) is 4. The summed E-state index contributed by atoms with van der Waals surface area (Å²) >= 11 is 13.4. The molecule has 2 aromatic carbocycles. The third-order valence-electron chi connectivity index (χ3n) is 4.91. The Morgan fingerprint density at radius 1 is 0.654 bits per heavy atom. The SMILES string of the molecule is C[n+]1c2ccccc2c(Cl)c2nc3c(nc21)c(Cl)c1ccccc1[n+]3C. The van der Waals surface area contributed by atoms with Gasteiger partial charge in [-0.1, -0.05) is 47.5 Å². The molecule has 6 heteroatoms. The third kappa shape index (κ3) is 1.97. The second-order valence-electron chi connectivity index (χ2n) is 6.35. The number of fused-ring (bicyclic) bond motifs is 4. The highest BCUT2D eigenvalue weighted by Crippen LogP contribution is 2.31. The van der Waals surface area contributed by atoms with Crippen molar-refractivity contribution in [3.8, 4) is 0 Å². The van der Waals surface area contributed by atoms with E-state index in [4.69, 9.17) is 33.2 Å². The van der Waals surface area contributed by atoms with Crippen LogP contribution in [0.2, 0.25) is 10.0 Å². The molecule has 5 rings (SSSR count). The summed E-state index contributed by atoms with van der Waals surface area (Å²) in [6.45, 7) is 0. The molecule has 0 saturated carbocycles. The maximum Gasteiger partial charge on any atom is 0.377 e. The lowest BCUT2D eigenvalue weighted by Gasteiger charge is -2.05. The number of benzene rings is 2. The predicted molar refractivity (Wildman–Crippen MR) is 104 cm³/mol. The standard InChI is InChI=1S/C20H14Cl2N4/c1-25-13-9-5-3-7-11(13)15(21)17-19(25)23-18-16(22)12-8-4-6-10-14(12)26(2)20(18)24-17/h3-10H,1-2H3/q+2. The van der Waals surface area contributed by atoms with Crippen molar-refractivity contribution in [3.05, 3.63) is 58.6 Å². The summed E-state index contributed by atoms with van der Waals surface area (Å²) in [5.74, 6) is 0. The summed E-state index contributed by atoms with van der Waals surface area (Å²) in [6, 6.07) is 16.0. The molecule has 5 aromatic rings. The summed E-state index contributed by atoms with van der Waals surface area (Å²) in [5.41, 5.74) is 4.75. The molecule has 0 saturated heterocycles. The van der Waals surface area contributed by atoms with Gasteiger partial charge in [0.15, 0.2) is 0 Å². The third-order valence-corrected chi connectivity index (χ3v) is 5.68. The van der Waals surface area contributed by atoms with Crippen LogP contribution in [-0.4, -0.2) is 9.97 Å². The van der Waals surface area contributed by atoms with Crippen molar-refractivity contribution in [2.75, 3.05) is 0 Å². The van der Waals surface area contributed by atoms with E-state index in [0.717, 1.165) is 21.8 Å². The van der Waals surface area contributed by atoms with Gasteiger partial charge in [0.05, 0.1) is 14.1 Å². The Hall–Kier alpha value is -2.56. The molecular weight excluding hydrogens is 367 g/mol. The summed E-state index contributed by atoms with van der Waals surface area (Å²) in [7, 11) is 3.94. The normalized spacial score (nSPS) is 11.8. The Kier molecular flexibility index (Phi) is 3.30. The van der Waals surface area contributed by atoms with Gasteiger partial charge in [-0.05, 0) is 34.2 Å². The Labute approximate surface area is 159 Å². The molecule has 0 atom stereocenters. The summed E-state index contributed by atoms with van der Waals surface area (Å²) < 4.78 is 4.02. The van der Waals surface area contributed by atoms with Crippen LogP contribution in [0.15, 0.2) is 48.5 Å². The largest absolute Gasteiger partial charge is 0.377 e. The molecule has 4 nitrogen and oxygen atoms in total.